The van der Waals surface area contributed by atoms with Crippen LogP contribution in [0, 0.1) is 13.8 Å². The van der Waals surface area contributed by atoms with Crippen LogP contribution >= 0.6 is 15.9 Å². The minimum absolute atomic E-state index is 0.106. The molecule has 0 radical (unpaired) electrons. The van der Waals surface area contributed by atoms with Crippen molar-refractivity contribution in [3.63, 3.8) is 0 Å². The van der Waals surface area contributed by atoms with E-state index in [2.05, 4.69) is 37.9 Å². The van der Waals surface area contributed by atoms with Crippen molar-refractivity contribution in [2.24, 2.45) is 0 Å². The molecule has 0 N–H and O–H groups in total. The van der Waals surface area contributed by atoms with E-state index in [1.807, 2.05) is 50.2 Å². The highest BCUT2D eigenvalue weighted by atomic mass is 79.9. The number of ketones is 2. The third-order valence-electron chi connectivity index (χ3n) is 7.20. The average Bonchev–Trinajstić information content (AvgIpc) is 3.07. The van der Waals surface area contributed by atoms with Gasteiger partial charge in [-0.1, -0.05) is 69.5 Å². The van der Waals surface area contributed by atoms with Gasteiger partial charge in [0.15, 0.2) is 17.1 Å². The lowest BCUT2D eigenvalue weighted by Crippen LogP contribution is -2.60. The molecule has 1 fully saturated rings. The molecule has 6 heteroatoms. The molecule has 3 aromatic carbocycles. The molecule has 35 heavy (non-hydrogen) atoms. The van der Waals surface area contributed by atoms with Crippen LogP contribution in [-0.4, -0.2) is 54.7 Å². The Balaban J connectivity index is 1.48. The van der Waals surface area contributed by atoms with Gasteiger partial charge in [-0.15, -0.1) is 0 Å². The second kappa shape index (κ2) is 9.34. The Hall–Kier alpha value is -2.80. The first-order chi connectivity index (χ1) is 16.8. The highest BCUT2D eigenvalue weighted by molar-refractivity contribution is 9.10. The number of benzene rings is 3. The van der Waals surface area contributed by atoms with E-state index in [4.69, 9.17) is 4.74 Å². The standard InChI is InChI=1S/C29H29BrN2O3/c1-19-14-20(2)16-22(15-19)29(27(33)24-6-4-5-7-25(24)28(29)34)32-12-10-31(11-13-32)18-21-17-23(30)8-9-26(21)35-3/h4-9,14-17H,10-13,18H2,1-3H3. The van der Waals surface area contributed by atoms with Crippen molar-refractivity contribution in [2.75, 3.05) is 33.3 Å². The van der Waals surface area contributed by atoms with Crippen LogP contribution in [0.4, 0.5) is 0 Å². The summed E-state index contributed by atoms with van der Waals surface area (Å²) < 4.78 is 6.57. The number of aryl methyl sites for hydroxylation is 2. The van der Waals surface area contributed by atoms with Crippen molar-refractivity contribution in [2.45, 2.75) is 25.9 Å². The molecule has 0 amide bonds. The number of nitrogens with zero attached hydrogens (tertiary/aromatic N) is 2. The lowest BCUT2D eigenvalue weighted by molar-refractivity contribution is 0.0278. The Labute approximate surface area is 214 Å². The predicted octanol–water partition coefficient (Wildman–Crippen LogP) is 5.17. The third kappa shape index (κ3) is 4.03. The molecular weight excluding hydrogens is 504 g/mol. The van der Waals surface area contributed by atoms with Crippen molar-refractivity contribution in [3.8, 4) is 5.75 Å². The van der Waals surface area contributed by atoms with Gasteiger partial charge in [-0.25, -0.2) is 0 Å². The number of carbonyl (C=O) groups is 2. The summed E-state index contributed by atoms with van der Waals surface area (Å²) in [5.74, 6) is 0.648. The van der Waals surface area contributed by atoms with Gasteiger partial charge < -0.3 is 4.74 Å². The SMILES string of the molecule is COc1ccc(Br)cc1CN1CCN(C2(c3cc(C)cc(C)c3)C(=O)c3ccccc3C2=O)CC1. The Kier molecular flexibility index (Phi) is 6.38. The second-order valence-corrected chi connectivity index (χ2v) is 10.4. The topological polar surface area (TPSA) is 49.9 Å². The zero-order valence-electron chi connectivity index (χ0n) is 20.3. The molecule has 0 spiro atoms. The molecule has 3 aromatic rings. The fourth-order valence-electron chi connectivity index (χ4n) is 5.64. The summed E-state index contributed by atoms with van der Waals surface area (Å²) in [5.41, 5.74) is 3.74. The molecule has 1 heterocycles. The van der Waals surface area contributed by atoms with Gasteiger partial charge in [0.25, 0.3) is 0 Å². The molecule has 0 unspecified atom stereocenters. The zero-order valence-corrected chi connectivity index (χ0v) is 21.9. The monoisotopic (exact) mass is 532 g/mol. The van der Waals surface area contributed by atoms with Crippen LogP contribution in [0.3, 0.4) is 0 Å². The molecule has 1 aliphatic heterocycles. The summed E-state index contributed by atoms with van der Waals surface area (Å²) in [5, 5.41) is 0. The van der Waals surface area contributed by atoms with Crippen LogP contribution in [0.25, 0.3) is 0 Å². The molecule has 0 aromatic heterocycles. The van der Waals surface area contributed by atoms with Crippen LogP contribution in [0.5, 0.6) is 5.75 Å². The Bertz CT molecular complexity index is 1260. The van der Waals surface area contributed by atoms with Gasteiger partial charge in [0.2, 0.25) is 0 Å². The minimum Gasteiger partial charge on any atom is -0.496 e. The maximum absolute atomic E-state index is 14.0. The Morgan fingerprint density at radius 1 is 0.857 bits per heavy atom. The molecule has 1 saturated heterocycles. The van der Waals surface area contributed by atoms with E-state index in [0.717, 1.165) is 52.1 Å². The first-order valence-electron chi connectivity index (χ1n) is 11.9. The van der Waals surface area contributed by atoms with Gasteiger partial charge in [-0.2, -0.15) is 0 Å². The molecule has 1 aliphatic carbocycles. The highest BCUT2D eigenvalue weighted by Crippen LogP contribution is 2.43. The summed E-state index contributed by atoms with van der Waals surface area (Å²) in [7, 11) is 1.69. The van der Waals surface area contributed by atoms with Crippen molar-refractivity contribution in [3.05, 3.63) is 98.5 Å². The van der Waals surface area contributed by atoms with E-state index < -0.39 is 5.54 Å². The van der Waals surface area contributed by atoms with E-state index in [-0.39, 0.29) is 11.6 Å². The van der Waals surface area contributed by atoms with Crippen molar-refractivity contribution in [1.82, 2.24) is 9.80 Å². The highest BCUT2D eigenvalue weighted by Gasteiger charge is 2.58. The van der Waals surface area contributed by atoms with Crippen LogP contribution in [-0.2, 0) is 12.1 Å². The third-order valence-corrected chi connectivity index (χ3v) is 7.69. The van der Waals surface area contributed by atoms with E-state index >= 15 is 0 Å². The second-order valence-electron chi connectivity index (χ2n) is 9.51. The molecule has 2 aliphatic rings. The van der Waals surface area contributed by atoms with Gasteiger partial charge in [0.1, 0.15) is 5.75 Å². The number of carbonyl (C=O) groups excluding carboxylic acids is 2. The lowest BCUT2D eigenvalue weighted by Gasteiger charge is -2.44. The number of hydrogen-bond acceptors (Lipinski definition) is 5. The number of hydrogen-bond donors (Lipinski definition) is 0. The van der Waals surface area contributed by atoms with Crippen molar-refractivity contribution < 1.29 is 14.3 Å². The summed E-state index contributed by atoms with van der Waals surface area (Å²) in [6.45, 7) is 7.52. The fraction of sp³-hybridized carbons (Fsp3) is 0.310. The van der Waals surface area contributed by atoms with E-state index in [1.165, 1.54) is 0 Å². The minimum atomic E-state index is -1.31. The number of ether oxygens (including phenoxy) is 1. The van der Waals surface area contributed by atoms with Crippen LogP contribution in [0.2, 0.25) is 0 Å². The smallest absolute Gasteiger partial charge is 0.196 e. The Morgan fingerprint density at radius 2 is 1.46 bits per heavy atom. The lowest BCUT2D eigenvalue weighted by atomic mass is 9.81. The first-order valence-corrected chi connectivity index (χ1v) is 12.7. The molecular formula is C29H29BrN2O3. The molecule has 0 atom stereocenters. The quantitative estimate of drug-likeness (QED) is 0.424. The van der Waals surface area contributed by atoms with Crippen molar-refractivity contribution in [1.29, 1.82) is 0 Å². The average molecular weight is 533 g/mol. The van der Waals surface area contributed by atoms with Crippen LogP contribution in [0.15, 0.2) is 65.1 Å². The normalized spacial score (nSPS) is 18.1. The molecule has 180 valence electrons. The molecule has 0 bridgehead atoms. The van der Waals surface area contributed by atoms with Gasteiger partial charge >= 0.3 is 0 Å². The number of rotatable bonds is 5. The molecule has 5 rings (SSSR count). The van der Waals surface area contributed by atoms with Gasteiger partial charge in [-0.05, 0) is 37.6 Å². The number of piperazine rings is 1. The predicted molar refractivity (Wildman–Crippen MR) is 140 cm³/mol. The maximum atomic E-state index is 14.0. The van der Waals surface area contributed by atoms with Crippen molar-refractivity contribution >= 4 is 27.5 Å². The number of methoxy groups -OCH3 is 1. The van der Waals surface area contributed by atoms with Crippen LogP contribution in [0.1, 0.15) is 43.0 Å². The van der Waals surface area contributed by atoms with Gasteiger partial charge in [0, 0.05) is 53.9 Å². The fourth-order valence-corrected chi connectivity index (χ4v) is 6.05. The largest absolute Gasteiger partial charge is 0.496 e. The summed E-state index contributed by atoms with van der Waals surface area (Å²) in [6, 6.07) is 19.4. The summed E-state index contributed by atoms with van der Waals surface area (Å²) >= 11 is 3.56. The molecule has 0 saturated carbocycles. The summed E-state index contributed by atoms with van der Waals surface area (Å²) in [6.07, 6.45) is 0. The van der Waals surface area contributed by atoms with Gasteiger partial charge in [-0.3, -0.25) is 19.4 Å². The number of Topliss-reactive ketones (excluding diaryl/α,β-unsaturated/α-hetero) is 2. The number of halogens is 1. The van der Waals surface area contributed by atoms with Gasteiger partial charge in [0.05, 0.1) is 7.11 Å². The van der Waals surface area contributed by atoms with Crippen LogP contribution < -0.4 is 4.74 Å². The first kappa shape index (κ1) is 23.9. The molecule has 5 nitrogen and oxygen atoms in total. The number of fused-ring (bicyclic) bond motifs is 1. The Morgan fingerprint density at radius 3 is 2.03 bits per heavy atom. The summed E-state index contributed by atoms with van der Waals surface area (Å²) in [4.78, 5) is 32.6. The van der Waals surface area contributed by atoms with E-state index in [9.17, 15) is 9.59 Å². The maximum Gasteiger partial charge on any atom is 0.196 e. The van der Waals surface area contributed by atoms with E-state index in [1.54, 1.807) is 19.2 Å². The zero-order chi connectivity index (χ0) is 24.7. The van der Waals surface area contributed by atoms with E-state index in [0.29, 0.717) is 24.2 Å².